The van der Waals surface area contributed by atoms with Crippen LogP contribution >= 0.6 is 0 Å². The molecule has 0 unspecified atom stereocenters. The normalized spacial score (nSPS) is 13.6. The molecule has 1 fully saturated rings. The SMILES string of the molecule is COC(=O)c1nccnc1Nc1ccc(N2CCOCC2)c(OC)c1-c1cccc2c1ncn2C. The van der Waals surface area contributed by atoms with Gasteiger partial charge in [-0.05, 0) is 18.2 Å². The van der Waals surface area contributed by atoms with Crippen LogP contribution < -0.4 is 15.0 Å². The van der Waals surface area contributed by atoms with E-state index in [1.54, 1.807) is 13.4 Å². The van der Waals surface area contributed by atoms with Gasteiger partial charge in [-0.25, -0.2) is 19.7 Å². The molecule has 3 heterocycles. The van der Waals surface area contributed by atoms with Gasteiger partial charge in [0, 0.05) is 38.1 Å². The number of fused-ring (bicyclic) bond motifs is 1. The number of benzene rings is 2. The van der Waals surface area contributed by atoms with Crippen LogP contribution in [0.2, 0.25) is 0 Å². The number of anilines is 3. The second-order valence-electron chi connectivity index (χ2n) is 8.04. The molecule has 10 heteroatoms. The number of hydrogen-bond donors (Lipinski definition) is 1. The third kappa shape index (κ3) is 4.12. The number of esters is 1. The molecule has 0 saturated carbocycles. The zero-order valence-electron chi connectivity index (χ0n) is 19.8. The molecule has 0 radical (unpaired) electrons. The van der Waals surface area contributed by atoms with E-state index in [1.165, 1.54) is 19.5 Å². The summed E-state index contributed by atoms with van der Waals surface area (Å²) in [6.45, 7) is 2.81. The van der Waals surface area contributed by atoms with E-state index < -0.39 is 5.97 Å². The Morgan fingerprint density at radius 2 is 1.86 bits per heavy atom. The summed E-state index contributed by atoms with van der Waals surface area (Å²) < 4.78 is 18.5. The Bertz CT molecular complexity index is 1380. The fraction of sp³-hybridized carbons (Fsp3) is 0.280. The van der Waals surface area contributed by atoms with Gasteiger partial charge in [-0.1, -0.05) is 12.1 Å². The highest BCUT2D eigenvalue weighted by Crippen LogP contribution is 2.46. The minimum atomic E-state index is -0.578. The molecule has 35 heavy (non-hydrogen) atoms. The molecule has 0 bridgehead atoms. The fourth-order valence-electron chi connectivity index (χ4n) is 4.37. The average molecular weight is 475 g/mol. The van der Waals surface area contributed by atoms with Gasteiger partial charge in [0.15, 0.2) is 17.3 Å². The summed E-state index contributed by atoms with van der Waals surface area (Å²) in [7, 11) is 4.93. The molecule has 10 nitrogen and oxygen atoms in total. The molecule has 0 amide bonds. The highest BCUT2D eigenvalue weighted by molar-refractivity contribution is 6.02. The first kappa shape index (κ1) is 22.6. The molecule has 0 spiro atoms. The lowest BCUT2D eigenvalue weighted by Gasteiger charge is -2.31. The van der Waals surface area contributed by atoms with Crippen LogP contribution in [-0.2, 0) is 16.5 Å². The van der Waals surface area contributed by atoms with E-state index in [0.717, 1.165) is 40.9 Å². The maximum absolute atomic E-state index is 12.3. The maximum Gasteiger partial charge on any atom is 0.360 e. The van der Waals surface area contributed by atoms with Crippen molar-refractivity contribution < 1.29 is 19.0 Å². The zero-order chi connectivity index (χ0) is 24.4. The topological polar surface area (TPSA) is 104 Å². The van der Waals surface area contributed by atoms with E-state index in [-0.39, 0.29) is 11.5 Å². The van der Waals surface area contributed by atoms with E-state index in [2.05, 4.69) is 25.2 Å². The van der Waals surface area contributed by atoms with E-state index in [9.17, 15) is 4.79 Å². The van der Waals surface area contributed by atoms with Crippen LogP contribution in [0.1, 0.15) is 10.5 Å². The van der Waals surface area contributed by atoms with Gasteiger partial charge in [-0.3, -0.25) is 0 Å². The molecule has 4 aromatic rings. The predicted molar refractivity (Wildman–Crippen MR) is 132 cm³/mol. The number of methoxy groups -OCH3 is 2. The van der Waals surface area contributed by atoms with E-state index >= 15 is 0 Å². The van der Waals surface area contributed by atoms with Crippen LogP contribution in [0.3, 0.4) is 0 Å². The van der Waals surface area contributed by atoms with Crippen molar-refractivity contribution in [1.29, 1.82) is 0 Å². The van der Waals surface area contributed by atoms with Gasteiger partial charge in [0.25, 0.3) is 0 Å². The number of morpholine rings is 1. The maximum atomic E-state index is 12.3. The van der Waals surface area contributed by atoms with Gasteiger partial charge in [0.2, 0.25) is 0 Å². The molecular weight excluding hydrogens is 448 g/mol. The number of ether oxygens (including phenoxy) is 3. The summed E-state index contributed by atoms with van der Waals surface area (Å²) in [4.78, 5) is 27.7. The van der Waals surface area contributed by atoms with E-state index in [4.69, 9.17) is 14.2 Å². The summed E-state index contributed by atoms with van der Waals surface area (Å²) in [5, 5.41) is 3.30. The minimum Gasteiger partial charge on any atom is -0.494 e. The molecule has 2 aromatic carbocycles. The molecule has 1 N–H and O–H groups in total. The van der Waals surface area contributed by atoms with Crippen molar-refractivity contribution in [1.82, 2.24) is 19.5 Å². The molecule has 5 rings (SSSR count). The van der Waals surface area contributed by atoms with Crippen LogP contribution in [0.15, 0.2) is 49.1 Å². The van der Waals surface area contributed by atoms with Crippen molar-refractivity contribution >= 4 is 34.2 Å². The Kier molecular flexibility index (Phi) is 6.19. The fourth-order valence-corrected chi connectivity index (χ4v) is 4.37. The van der Waals surface area contributed by atoms with Crippen LogP contribution in [0, 0.1) is 0 Å². The number of nitrogens with zero attached hydrogens (tertiary/aromatic N) is 5. The van der Waals surface area contributed by atoms with Gasteiger partial charge in [0.05, 0.1) is 61.7 Å². The molecule has 0 atom stereocenters. The zero-order valence-corrected chi connectivity index (χ0v) is 19.8. The third-order valence-electron chi connectivity index (χ3n) is 6.05. The van der Waals surface area contributed by atoms with Crippen LogP contribution in [0.4, 0.5) is 17.2 Å². The summed E-state index contributed by atoms with van der Waals surface area (Å²) >= 11 is 0. The first-order valence-corrected chi connectivity index (χ1v) is 11.2. The Labute approximate surface area is 202 Å². The summed E-state index contributed by atoms with van der Waals surface area (Å²) in [5.41, 5.74) is 5.26. The smallest absolute Gasteiger partial charge is 0.360 e. The Morgan fingerprint density at radius 1 is 1.06 bits per heavy atom. The van der Waals surface area contributed by atoms with Crippen molar-refractivity contribution in [2.45, 2.75) is 0 Å². The van der Waals surface area contributed by atoms with E-state index in [1.807, 2.05) is 41.9 Å². The Balaban J connectivity index is 1.73. The quantitative estimate of drug-likeness (QED) is 0.421. The first-order chi connectivity index (χ1) is 17.1. The van der Waals surface area contributed by atoms with Crippen molar-refractivity contribution in [3.05, 3.63) is 54.7 Å². The minimum absolute atomic E-state index is 0.0909. The van der Waals surface area contributed by atoms with Crippen LogP contribution in [0.25, 0.3) is 22.2 Å². The largest absolute Gasteiger partial charge is 0.494 e. The number of carbonyl (C=O) groups is 1. The van der Waals surface area contributed by atoms with Crippen molar-refractivity contribution in [3.63, 3.8) is 0 Å². The number of para-hydroxylation sites is 1. The van der Waals surface area contributed by atoms with Crippen molar-refractivity contribution in [3.8, 4) is 16.9 Å². The highest BCUT2D eigenvalue weighted by atomic mass is 16.5. The lowest BCUT2D eigenvalue weighted by atomic mass is 9.99. The first-order valence-electron chi connectivity index (χ1n) is 11.2. The molecule has 1 aliphatic heterocycles. The Hall–Kier alpha value is -4.18. The third-order valence-corrected chi connectivity index (χ3v) is 6.05. The number of imidazole rings is 1. The van der Waals surface area contributed by atoms with E-state index in [0.29, 0.717) is 24.7 Å². The van der Waals surface area contributed by atoms with Gasteiger partial charge in [-0.2, -0.15) is 0 Å². The molecule has 0 aliphatic carbocycles. The number of aryl methyl sites for hydroxylation is 1. The number of rotatable bonds is 6. The van der Waals surface area contributed by atoms with Gasteiger partial charge in [-0.15, -0.1) is 0 Å². The van der Waals surface area contributed by atoms with Crippen LogP contribution in [-0.4, -0.2) is 66.0 Å². The lowest BCUT2D eigenvalue weighted by molar-refractivity contribution is 0.0595. The van der Waals surface area contributed by atoms with Crippen molar-refractivity contribution in [2.75, 3.05) is 50.7 Å². The monoisotopic (exact) mass is 474 g/mol. The molecular formula is C25H26N6O4. The average Bonchev–Trinajstić information content (AvgIpc) is 3.29. The Morgan fingerprint density at radius 3 is 2.63 bits per heavy atom. The molecule has 1 aliphatic rings. The van der Waals surface area contributed by atoms with Crippen LogP contribution in [0.5, 0.6) is 5.75 Å². The summed E-state index contributed by atoms with van der Waals surface area (Å²) in [6, 6.07) is 9.99. The number of hydrogen-bond acceptors (Lipinski definition) is 9. The van der Waals surface area contributed by atoms with Gasteiger partial charge in [0.1, 0.15) is 0 Å². The molecule has 2 aromatic heterocycles. The van der Waals surface area contributed by atoms with Gasteiger partial charge >= 0.3 is 5.97 Å². The highest BCUT2D eigenvalue weighted by Gasteiger charge is 2.25. The summed E-state index contributed by atoms with van der Waals surface area (Å²) in [5.74, 6) is 0.402. The standard InChI is InChI=1S/C25H26N6O4/c1-30-15-28-21-16(5-4-6-18(21)30)20-17(29-24-22(25(32)34-3)26-9-10-27-24)7-8-19(23(20)33-2)31-11-13-35-14-12-31/h4-10,15H,11-14H2,1-3H3,(H,27,29). The lowest BCUT2D eigenvalue weighted by Crippen LogP contribution is -2.36. The van der Waals surface area contributed by atoms with Crippen molar-refractivity contribution in [2.24, 2.45) is 7.05 Å². The summed E-state index contributed by atoms with van der Waals surface area (Å²) in [6.07, 6.45) is 4.76. The number of nitrogens with one attached hydrogen (secondary N) is 1. The number of carbonyl (C=O) groups excluding carboxylic acids is 1. The predicted octanol–water partition coefficient (Wildman–Crippen LogP) is 3.41. The van der Waals surface area contributed by atoms with Gasteiger partial charge < -0.3 is 29.0 Å². The second kappa shape index (κ2) is 9.59. The molecule has 1 saturated heterocycles. The molecule has 180 valence electrons. The number of aromatic nitrogens is 4. The second-order valence-corrected chi connectivity index (χ2v) is 8.04.